The second-order valence-electron chi connectivity index (χ2n) is 6.72. The highest BCUT2D eigenvalue weighted by molar-refractivity contribution is 5.43. The minimum atomic E-state index is 0.676. The Bertz CT molecular complexity index is 472. The van der Waals surface area contributed by atoms with Crippen LogP contribution in [0, 0.1) is 23.7 Å². The molecule has 1 heterocycles. The van der Waals surface area contributed by atoms with Crippen molar-refractivity contribution in [2.45, 2.75) is 45.1 Å². The van der Waals surface area contributed by atoms with Gasteiger partial charge in [-0.15, -0.1) is 0 Å². The molecule has 1 N–H and O–H groups in total. The van der Waals surface area contributed by atoms with Gasteiger partial charge in [0.05, 0.1) is 18.5 Å². The van der Waals surface area contributed by atoms with E-state index in [0.29, 0.717) is 12.6 Å². The van der Waals surface area contributed by atoms with Crippen LogP contribution in [-0.4, -0.2) is 17.6 Å². The number of hydrogen-bond donors (Lipinski definition) is 1. The van der Waals surface area contributed by atoms with E-state index in [4.69, 9.17) is 4.74 Å². The fraction of sp³-hybridized carbons (Fsp3) is 0.706. The summed E-state index contributed by atoms with van der Waals surface area (Å²) in [7, 11) is 0. The van der Waals surface area contributed by atoms with Crippen LogP contribution in [0.4, 0.5) is 5.69 Å². The molecule has 5 atom stereocenters. The van der Waals surface area contributed by atoms with Gasteiger partial charge in [-0.05, 0) is 62.3 Å². The molecule has 3 aliphatic rings. The SMILES string of the molecule is CCOc1ccc(NC2CC3CC2C2CCCC32)cn1. The summed E-state index contributed by atoms with van der Waals surface area (Å²) in [6, 6.07) is 4.76. The molecule has 108 valence electrons. The highest BCUT2D eigenvalue weighted by atomic mass is 16.5. The van der Waals surface area contributed by atoms with Crippen LogP contribution in [0.5, 0.6) is 5.88 Å². The molecular weight excluding hydrogens is 248 g/mol. The molecule has 3 aliphatic carbocycles. The van der Waals surface area contributed by atoms with Gasteiger partial charge in [-0.3, -0.25) is 0 Å². The highest BCUT2D eigenvalue weighted by Crippen LogP contribution is 2.59. The first-order valence-corrected chi connectivity index (χ1v) is 8.20. The van der Waals surface area contributed by atoms with Gasteiger partial charge in [-0.1, -0.05) is 6.42 Å². The van der Waals surface area contributed by atoms with Gasteiger partial charge in [-0.25, -0.2) is 4.98 Å². The summed E-state index contributed by atoms with van der Waals surface area (Å²) in [4.78, 5) is 4.35. The van der Waals surface area contributed by atoms with E-state index in [0.717, 1.165) is 35.2 Å². The van der Waals surface area contributed by atoms with Gasteiger partial charge in [0.1, 0.15) is 0 Å². The molecule has 3 heteroatoms. The molecule has 0 spiro atoms. The molecule has 1 aromatic rings. The van der Waals surface area contributed by atoms with Crippen molar-refractivity contribution in [1.82, 2.24) is 4.98 Å². The van der Waals surface area contributed by atoms with Crippen molar-refractivity contribution < 1.29 is 4.74 Å². The van der Waals surface area contributed by atoms with E-state index in [1.165, 1.54) is 32.1 Å². The molecule has 0 radical (unpaired) electrons. The van der Waals surface area contributed by atoms with Gasteiger partial charge in [0, 0.05) is 12.1 Å². The molecule has 1 aromatic heterocycles. The number of ether oxygens (including phenoxy) is 1. The summed E-state index contributed by atoms with van der Waals surface area (Å²) in [6.07, 6.45) is 9.22. The van der Waals surface area contributed by atoms with E-state index in [-0.39, 0.29) is 0 Å². The Morgan fingerprint density at radius 1 is 1.20 bits per heavy atom. The smallest absolute Gasteiger partial charge is 0.213 e. The van der Waals surface area contributed by atoms with Crippen molar-refractivity contribution in [3.63, 3.8) is 0 Å². The lowest BCUT2D eigenvalue weighted by atomic mass is 9.79. The summed E-state index contributed by atoms with van der Waals surface area (Å²) >= 11 is 0. The number of hydrogen-bond acceptors (Lipinski definition) is 3. The monoisotopic (exact) mass is 272 g/mol. The lowest BCUT2D eigenvalue weighted by Crippen LogP contribution is -2.33. The van der Waals surface area contributed by atoms with Crippen LogP contribution in [0.1, 0.15) is 39.0 Å². The zero-order valence-electron chi connectivity index (χ0n) is 12.2. The van der Waals surface area contributed by atoms with Crippen LogP contribution >= 0.6 is 0 Å². The van der Waals surface area contributed by atoms with Gasteiger partial charge in [0.15, 0.2) is 0 Å². The van der Waals surface area contributed by atoms with Crippen molar-refractivity contribution in [2.24, 2.45) is 23.7 Å². The van der Waals surface area contributed by atoms with Crippen molar-refractivity contribution >= 4 is 5.69 Å². The summed E-state index contributed by atoms with van der Waals surface area (Å²) in [5.41, 5.74) is 1.15. The Morgan fingerprint density at radius 3 is 2.90 bits per heavy atom. The minimum Gasteiger partial charge on any atom is -0.478 e. The zero-order chi connectivity index (χ0) is 13.5. The lowest BCUT2D eigenvalue weighted by Gasteiger charge is -2.32. The zero-order valence-corrected chi connectivity index (χ0v) is 12.2. The quantitative estimate of drug-likeness (QED) is 0.907. The number of nitrogens with one attached hydrogen (secondary N) is 1. The van der Waals surface area contributed by atoms with Crippen molar-refractivity contribution in [1.29, 1.82) is 0 Å². The van der Waals surface area contributed by atoms with E-state index in [2.05, 4.69) is 16.4 Å². The topological polar surface area (TPSA) is 34.1 Å². The lowest BCUT2D eigenvalue weighted by molar-refractivity contribution is 0.243. The number of aromatic nitrogens is 1. The standard InChI is InChI=1S/C17H24N2O/c1-2-20-17-7-6-12(10-18-17)19-16-9-11-8-15(16)14-5-3-4-13(11)14/h6-7,10-11,13-16,19H,2-5,8-9H2,1H3. The predicted octanol–water partition coefficient (Wildman–Crippen LogP) is 3.72. The molecule has 3 fully saturated rings. The minimum absolute atomic E-state index is 0.676. The van der Waals surface area contributed by atoms with E-state index in [9.17, 15) is 0 Å². The molecule has 20 heavy (non-hydrogen) atoms. The van der Waals surface area contributed by atoms with Crippen molar-refractivity contribution in [2.75, 3.05) is 11.9 Å². The second kappa shape index (κ2) is 4.94. The maximum absolute atomic E-state index is 5.40. The maximum atomic E-state index is 5.40. The van der Waals surface area contributed by atoms with E-state index < -0.39 is 0 Å². The molecular formula is C17H24N2O. The van der Waals surface area contributed by atoms with E-state index in [1.807, 2.05) is 19.2 Å². The first kappa shape index (κ1) is 12.5. The fourth-order valence-electron chi connectivity index (χ4n) is 5.15. The molecule has 5 unspecified atom stereocenters. The number of pyridine rings is 1. The number of anilines is 1. The van der Waals surface area contributed by atoms with Crippen LogP contribution < -0.4 is 10.1 Å². The Hall–Kier alpha value is -1.25. The molecule has 0 saturated heterocycles. The Balaban J connectivity index is 1.42. The summed E-state index contributed by atoms with van der Waals surface area (Å²) in [5, 5.41) is 3.74. The largest absolute Gasteiger partial charge is 0.478 e. The van der Waals surface area contributed by atoms with Crippen LogP contribution in [0.3, 0.4) is 0 Å². The number of rotatable bonds is 4. The average Bonchev–Trinajstić information content (AvgIpc) is 3.13. The normalized spacial score (nSPS) is 38.0. The van der Waals surface area contributed by atoms with Crippen LogP contribution in [0.25, 0.3) is 0 Å². The second-order valence-corrected chi connectivity index (χ2v) is 6.72. The van der Waals surface area contributed by atoms with Gasteiger partial charge < -0.3 is 10.1 Å². The molecule has 0 amide bonds. The number of nitrogens with zero attached hydrogens (tertiary/aromatic N) is 1. The Kier molecular flexibility index (Phi) is 3.08. The Morgan fingerprint density at radius 2 is 2.10 bits per heavy atom. The molecule has 0 aromatic carbocycles. The van der Waals surface area contributed by atoms with E-state index in [1.54, 1.807) is 0 Å². The first-order chi connectivity index (χ1) is 9.85. The predicted molar refractivity (Wildman–Crippen MR) is 79.9 cm³/mol. The van der Waals surface area contributed by atoms with Crippen molar-refractivity contribution in [3.05, 3.63) is 18.3 Å². The third kappa shape index (κ3) is 1.99. The van der Waals surface area contributed by atoms with Crippen LogP contribution in [-0.2, 0) is 0 Å². The maximum Gasteiger partial charge on any atom is 0.213 e. The summed E-state index contributed by atoms with van der Waals surface area (Å²) in [5.74, 6) is 4.72. The van der Waals surface area contributed by atoms with Gasteiger partial charge in [0.2, 0.25) is 5.88 Å². The molecule has 3 saturated carbocycles. The molecule has 3 nitrogen and oxygen atoms in total. The highest BCUT2D eigenvalue weighted by Gasteiger charge is 2.53. The molecule has 4 rings (SSSR count). The summed E-state index contributed by atoms with van der Waals surface area (Å²) < 4.78 is 5.40. The van der Waals surface area contributed by atoms with Gasteiger partial charge in [0.25, 0.3) is 0 Å². The average molecular weight is 272 g/mol. The van der Waals surface area contributed by atoms with Gasteiger partial charge in [-0.2, -0.15) is 0 Å². The summed E-state index contributed by atoms with van der Waals surface area (Å²) in [6.45, 7) is 2.66. The Labute approximate surface area is 121 Å². The molecule has 2 bridgehead atoms. The van der Waals surface area contributed by atoms with Crippen molar-refractivity contribution in [3.8, 4) is 5.88 Å². The first-order valence-electron chi connectivity index (χ1n) is 8.20. The number of fused-ring (bicyclic) bond motifs is 5. The van der Waals surface area contributed by atoms with Crippen LogP contribution in [0.15, 0.2) is 18.3 Å². The van der Waals surface area contributed by atoms with Crippen LogP contribution in [0.2, 0.25) is 0 Å². The third-order valence-corrected chi connectivity index (χ3v) is 5.81. The molecule has 0 aliphatic heterocycles. The van der Waals surface area contributed by atoms with E-state index >= 15 is 0 Å². The third-order valence-electron chi connectivity index (χ3n) is 5.81. The fourth-order valence-corrected chi connectivity index (χ4v) is 5.15. The van der Waals surface area contributed by atoms with Gasteiger partial charge >= 0.3 is 0 Å².